The summed E-state index contributed by atoms with van der Waals surface area (Å²) in [5, 5.41) is 34.9. The molecular formula is C19H28N2O7. The standard InChI is InChI=1S/C19H28N2O7/c1-11(8-13-6-4-3-5-7-13)20-15(24)10-27-18-16(21-12(2)23)19(26)28-14(9-22)17(18)25/h3-7,11,14,16-19,22,25-26H,8-10H2,1-2H3,(H,20,24)(H,21,23)/t11-,14?,16-,17+,18?,19?/m0/s1. The van der Waals surface area contributed by atoms with Crippen molar-refractivity contribution in [3.63, 3.8) is 0 Å². The van der Waals surface area contributed by atoms with Gasteiger partial charge >= 0.3 is 0 Å². The SMILES string of the molecule is CC(=O)N[C@@H]1C(O)OC(CO)[C@@H](O)C1OCC(=O)N[C@@H](C)Cc1ccccc1. The van der Waals surface area contributed by atoms with Gasteiger partial charge in [0.05, 0.1) is 6.61 Å². The van der Waals surface area contributed by atoms with Gasteiger partial charge in [0, 0.05) is 13.0 Å². The van der Waals surface area contributed by atoms with Gasteiger partial charge in [-0.3, -0.25) is 9.59 Å². The van der Waals surface area contributed by atoms with Crippen LogP contribution in [0.4, 0.5) is 0 Å². The maximum absolute atomic E-state index is 12.2. The first-order valence-corrected chi connectivity index (χ1v) is 9.16. The molecule has 0 saturated carbocycles. The van der Waals surface area contributed by atoms with Crippen molar-refractivity contribution in [2.45, 2.75) is 57.0 Å². The second kappa shape index (κ2) is 10.5. The highest BCUT2D eigenvalue weighted by molar-refractivity contribution is 5.77. The minimum absolute atomic E-state index is 0.139. The quantitative estimate of drug-likeness (QED) is 0.368. The van der Waals surface area contributed by atoms with Crippen molar-refractivity contribution in [3.05, 3.63) is 35.9 Å². The van der Waals surface area contributed by atoms with E-state index in [9.17, 15) is 24.9 Å². The Morgan fingerprint density at radius 3 is 2.54 bits per heavy atom. The molecule has 1 aliphatic heterocycles. The van der Waals surface area contributed by atoms with Gasteiger partial charge in [-0.05, 0) is 18.9 Å². The number of carbonyl (C=O) groups is 2. The molecule has 1 aromatic carbocycles. The lowest BCUT2D eigenvalue weighted by atomic mass is 9.96. The first kappa shape index (κ1) is 22.3. The van der Waals surface area contributed by atoms with Gasteiger partial charge in [0.25, 0.3) is 0 Å². The van der Waals surface area contributed by atoms with Crippen molar-refractivity contribution >= 4 is 11.8 Å². The van der Waals surface area contributed by atoms with E-state index in [4.69, 9.17) is 9.47 Å². The normalized spacial score (nSPS) is 28.4. The Morgan fingerprint density at radius 1 is 1.25 bits per heavy atom. The van der Waals surface area contributed by atoms with Gasteiger partial charge in [-0.2, -0.15) is 0 Å². The molecule has 9 heteroatoms. The molecule has 3 unspecified atom stereocenters. The van der Waals surface area contributed by atoms with Crippen molar-refractivity contribution in [1.29, 1.82) is 0 Å². The lowest BCUT2D eigenvalue weighted by Crippen LogP contribution is -2.65. The largest absolute Gasteiger partial charge is 0.394 e. The highest BCUT2D eigenvalue weighted by Gasteiger charge is 2.45. The third kappa shape index (κ3) is 6.25. The molecular weight excluding hydrogens is 368 g/mol. The molecule has 0 aromatic heterocycles. The molecule has 1 heterocycles. The molecule has 1 saturated heterocycles. The maximum atomic E-state index is 12.2. The Balaban J connectivity index is 1.92. The number of nitrogens with one attached hydrogen (secondary N) is 2. The average molecular weight is 396 g/mol. The molecule has 5 N–H and O–H groups in total. The van der Waals surface area contributed by atoms with Crippen LogP contribution in [-0.2, 0) is 25.5 Å². The van der Waals surface area contributed by atoms with Gasteiger partial charge in [-0.15, -0.1) is 0 Å². The smallest absolute Gasteiger partial charge is 0.246 e. The van der Waals surface area contributed by atoms with Gasteiger partial charge in [-0.1, -0.05) is 30.3 Å². The van der Waals surface area contributed by atoms with Crippen LogP contribution < -0.4 is 10.6 Å². The van der Waals surface area contributed by atoms with Gasteiger partial charge in [0.15, 0.2) is 6.29 Å². The molecule has 0 bridgehead atoms. The predicted molar refractivity (Wildman–Crippen MR) is 99.1 cm³/mol. The molecule has 6 atom stereocenters. The van der Waals surface area contributed by atoms with Gasteiger partial charge in [-0.25, -0.2) is 0 Å². The lowest BCUT2D eigenvalue weighted by molar-refractivity contribution is -0.261. The summed E-state index contributed by atoms with van der Waals surface area (Å²) in [6.45, 7) is 2.17. The van der Waals surface area contributed by atoms with Crippen LogP contribution in [0.2, 0.25) is 0 Å². The Hall–Kier alpha value is -2.04. The van der Waals surface area contributed by atoms with Crippen LogP contribution in [-0.4, -0.2) is 77.0 Å². The van der Waals surface area contributed by atoms with E-state index in [2.05, 4.69) is 10.6 Å². The molecule has 1 aromatic rings. The van der Waals surface area contributed by atoms with Crippen LogP contribution >= 0.6 is 0 Å². The average Bonchev–Trinajstić information content (AvgIpc) is 2.64. The molecule has 1 aliphatic rings. The summed E-state index contributed by atoms with van der Waals surface area (Å²) < 4.78 is 10.6. The molecule has 9 nitrogen and oxygen atoms in total. The fourth-order valence-corrected chi connectivity index (χ4v) is 3.18. The Labute approximate surface area is 163 Å². The van der Waals surface area contributed by atoms with Gasteiger partial charge in [0.2, 0.25) is 11.8 Å². The summed E-state index contributed by atoms with van der Waals surface area (Å²) in [5.74, 6) is -0.865. The van der Waals surface area contributed by atoms with E-state index in [1.807, 2.05) is 37.3 Å². The molecule has 2 rings (SSSR count). The fraction of sp³-hybridized carbons (Fsp3) is 0.579. The highest BCUT2D eigenvalue weighted by Crippen LogP contribution is 2.22. The zero-order valence-corrected chi connectivity index (χ0v) is 15.9. The first-order chi connectivity index (χ1) is 13.3. The van der Waals surface area contributed by atoms with Crippen LogP contribution in [0.15, 0.2) is 30.3 Å². The van der Waals surface area contributed by atoms with Crippen molar-refractivity contribution in [2.75, 3.05) is 13.2 Å². The van der Waals surface area contributed by atoms with Crippen LogP contribution in [0.3, 0.4) is 0 Å². The van der Waals surface area contributed by atoms with Crippen molar-refractivity contribution in [2.24, 2.45) is 0 Å². The third-order valence-electron chi connectivity index (χ3n) is 4.44. The lowest BCUT2D eigenvalue weighted by Gasteiger charge is -2.42. The number of benzene rings is 1. The highest BCUT2D eigenvalue weighted by atomic mass is 16.6. The van der Waals surface area contributed by atoms with E-state index >= 15 is 0 Å². The van der Waals surface area contributed by atoms with E-state index in [1.165, 1.54) is 6.92 Å². The maximum Gasteiger partial charge on any atom is 0.246 e. The van der Waals surface area contributed by atoms with E-state index in [0.717, 1.165) is 5.56 Å². The Kier molecular flexibility index (Phi) is 8.34. The summed E-state index contributed by atoms with van der Waals surface area (Å²) in [6, 6.07) is 8.47. The van der Waals surface area contributed by atoms with E-state index in [0.29, 0.717) is 6.42 Å². The Bertz CT molecular complexity index is 642. The van der Waals surface area contributed by atoms with Crippen molar-refractivity contribution in [1.82, 2.24) is 10.6 Å². The molecule has 28 heavy (non-hydrogen) atoms. The topological polar surface area (TPSA) is 137 Å². The second-order valence-corrected chi connectivity index (χ2v) is 6.90. The van der Waals surface area contributed by atoms with Gasteiger partial charge in [0.1, 0.15) is 31.0 Å². The predicted octanol–water partition coefficient (Wildman–Crippen LogP) is -1.31. The number of aliphatic hydroxyl groups is 3. The molecule has 0 radical (unpaired) electrons. The number of hydrogen-bond acceptors (Lipinski definition) is 7. The molecule has 0 spiro atoms. The number of hydrogen-bond donors (Lipinski definition) is 5. The third-order valence-corrected chi connectivity index (χ3v) is 4.44. The summed E-state index contributed by atoms with van der Waals surface area (Å²) in [6.07, 6.45) is -4.40. The second-order valence-electron chi connectivity index (χ2n) is 6.90. The number of aliphatic hydroxyl groups excluding tert-OH is 3. The summed E-state index contributed by atoms with van der Waals surface area (Å²) in [4.78, 5) is 23.6. The number of rotatable bonds is 8. The number of carbonyl (C=O) groups excluding carboxylic acids is 2. The summed E-state index contributed by atoms with van der Waals surface area (Å²) in [7, 11) is 0. The van der Waals surface area contributed by atoms with Crippen molar-refractivity contribution < 1.29 is 34.4 Å². The zero-order valence-electron chi connectivity index (χ0n) is 15.9. The van der Waals surface area contributed by atoms with Crippen LogP contribution in [0.1, 0.15) is 19.4 Å². The molecule has 2 amide bonds. The van der Waals surface area contributed by atoms with Crippen LogP contribution in [0.25, 0.3) is 0 Å². The summed E-state index contributed by atoms with van der Waals surface area (Å²) in [5.41, 5.74) is 1.08. The van der Waals surface area contributed by atoms with E-state index in [-0.39, 0.29) is 12.6 Å². The molecule has 0 aliphatic carbocycles. The number of amides is 2. The minimum atomic E-state index is -1.49. The monoisotopic (exact) mass is 396 g/mol. The molecule has 156 valence electrons. The fourth-order valence-electron chi connectivity index (χ4n) is 3.18. The zero-order chi connectivity index (χ0) is 20.7. The minimum Gasteiger partial charge on any atom is -0.394 e. The summed E-state index contributed by atoms with van der Waals surface area (Å²) >= 11 is 0. The molecule has 1 fully saturated rings. The van der Waals surface area contributed by atoms with E-state index in [1.54, 1.807) is 0 Å². The first-order valence-electron chi connectivity index (χ1n) is 9.16. The van der Waals surface area contributed by atoms with E-state index < -0.39 is 49.1 Å². The van der Waals surface area contributed by atoms with Crippen LogP contribution in [0.5, 0.6) is 0 Å². The van der Waals surface area contributed by atoms with Crippen LogP contribution in [0, 0.1) is 0 Å². The van der Waals surface area contributed by atoms with Gasteiger partial charge < -0.3 is 35.4 Å². The van der Waals surface area contributed by atoms with Crippen molar-refractivity contribution in [3.8, 4) is 0 Å². The number of ether oxygens (including phenoxy) is 2. The Morgan fingerprint density at radius 2 is 1.93 bits per heavy atom.